The first kappa shape index (κ1) is 14.0. The fraction of sp³-hybridized carbons (Fsp3) is 1.00. The van der Waals surface area contributed by atoms with E-state index >= 15 is 0 Å². The van der Waals surface area contributed by atoms with Crippen LogP contribution in [0.25, 0.3) is 0 Å². The van der Waals surface area contributed by atoms with Crippen molar-refractivity contribution in [3.63, 3.8) is 0 Å². The summed E-state index contributed by atoms with van der Waals surface area (Å²) in [4.78, 5) is 0. The van der Waals surface area contributed by atoms with Crippen LogP contribution < -0.4 is 0 Å². The summed E-state index contributed by atoms with van der Waals surface area (Å²) in [7, 11) is -3.12. The summed E-state index contributed by atoms with van der Waals surface area (Å²) in [5.41, 5.74) is -0.968. The fourth-order valence-electron chi connectivity index (χ4n) is 2.95. The average Bonchev–Trinajstić information content (AvgIpc) is 2.56. The predicted molar refractivity (Wildman–Crippen MR) is 66.1 cm³/mol. The highest BCUT2D eigenvalue weighted by molar-refractivity contribution is 7.91. The zero-order valence-electron chi connectivity index (χ0n) is 10.6. The van der Waals surface area contributed by atoms with Gasteiger partial charge in [-0.1, -0.05) is 26.7 Å². The molecule has 0 heterocycles. The van der Waals surface area contributed by atoms with Crippen molar-refractivity contribution < 1.29 is 13.5 Å². The summed E-state index contributed by atoms with van der Waals surface area (Å²) in [6.07, 6.45) is 5.99. The van der Waals surface area contributed by atoms with Crippen LogP contribution >= 0.6 is 0 Å². The van der Waals surface area contributed by atoms with Gasteiger partial charge in [0.05, 0.1) is 10.9 Å². The van der Waals surface area contributed by atoms with Crippen molar-refractivity contribution >= 4 is 9.84 Å². The van der Waals surface area contributed by atoms with Crippen molar-refractivity contribution in [1.29, 1.82) is 0 Å². The summed E-state index contributed by atoms with van der Waals surface area (Å²) in [6.45, 7) is 4.20. The van der Waals surface area contributed by atoms with Crippen LogP contribution in [0.1, 0.15) is 52.4 Å². The van der Waals surface area contributed by atoms with Gasteiger partial charge in [0.2, 0.25) is 0 Å². The minimum Gasteiger partial charge on any atom is -0.389 e. The summed E-state index contributed by atoms with van der Waals surface area (Å²) in [5.74, 6) is 0.437. The SMILES string of the molecule is CCC(CC)CC1(O)CCCC1S(C)(=O)=O. The Balaban J connectivity index is 2.82. The predicted octanol–water partition coefficient (Wildman–Crippen LogP) is 2.14. The average molecular weight is 248 g/mol. The van der Waals surface area contributed by atoms with E-state index in [1.165, 1.54) is 6.26 Å². The van der Waals surface area contributed by atoms with E-state index in [1.54, 1.807) is 0 Å². The highest BCUT2D eigenvalue weighted by atomic mass is 32.2. The van der Waals surface area contributed by atoms with Gasteiger partial charge >= 0.3 is 0 Å². The van der Waals surface area contributed by atoms with E-state index in [-0.39, 0.29) is 0 Å². The second-order valence-corrected chi connectivity index (χ2v) is 7.43. The molecular weight excluding hydrogens is 224 g/mol. The zero-order valence-corrected chi connectivity index (χ0v) is 11.4. The minimum absolute atomic E-state index is 0.437. The Bertz CT molecular complexity index is 319. The normalized spacial score (nSPS) is 31.2. The Morgan fingerprint density at radius 2 is 1.94 bits per heavy atom. The fourth-order valence-corrected chi connectivity index (χ4v) is 4.55. The number of sulfone groups is 1. The number of rotatable bonds is 5. The van der Waals surface area contributed by atoms with E-state index in [0.29, 0.717) is 25.2 Å². The van der Waals surface area contributed by atoms with Crippen molar-refractivity contribution in [3.8, 4) is 0 Å². The first-order valence-electron chi connectivity index (χ1n) is 6.24. The Morgan fingerprint density at radius 1 is 1.38 bits per heavy atom. The minimum atomic E-state index is -3.12. The molecule has 3 nitrogen and oxygen atoms in total. The van der Waals surface area contributed by atoms with E-state index in [4.69, 9.17) is 0 Å². The van der Waals surface area contributed by atoms with Gasteiger partial charge in [-0.3, -0.25) is 0 Å². The lowest BCUT2D eigenvalue weighted by Gasteiger charge is -2.32. The first-order chi connectivity index (χ1) is 7.33. The van der Waals surface area contributed by atoms with Gasteiger partial charge in [-0.05, 0) is 31.6 Å². The standard InChI is InChI=1S/C12H24O3S/c1-4-10(5-2)9-12(13)8-6-7-11(12)16(3,14)15/h10-11,13H,4-9H2,1-3H3. The van der Waals surface area contributed by atoms with Gasteiger partial charge < -0.3 is 5.11 Å². The molecule has 16 heavy (non-hydrogen) atoms. The Kier molecular flexibility index (Phi) is 4.41. The second-order valence-electron chi connectivity index (χ2n) is 5.20. The lowest BCUT2D eigenvalue weighted by Crippen LogP contribution is -2.43. The van der Waals surface area contributed by atoms with E-state index in [0.717, 1.165) is 19.3 Å². The van der Waals surface area contributed by atoms with Crippen molar-refractivity contribution in [2.75, 3.05) is 6.26 Å². The first-order valence-corrected chi connectivity index (χ1v) is 8.20. The second kappa shape index (κ2) is 5.05. The maximum Gasteiger partial charge on any atom is 0.153 e. The van der Waals surface area contributed by atoms with Gasteiger partial charge in [-0.15, -0.1) is 0 Å². The van der Waals surface area contributed by atoms with Crippen LogP contribution in [0, 0.1) is 5.92 Å². The van der Waals surface area contributed by atoms with Crippen molar-refractivity contribution in [2.24, 2.45) is 5.92 Å². The lowest BCUT2D eigenvalue weighted by atomic mass is 9.86. The van der Waals surface area contributed by atoms with Gasteiger partial charge in [-0.2, -0.15) is 0 Å². The number of hydrogen-bond acceptors (Lipinski definition) is 3. The topological polar surface area (TPSA) is 54.4 Å². The van der Waals surface area contributed by atoms with Gasteiger partial charge in [0.25, 0.3) is 0 Å². The molecule has 4 heteroatoms. The molecule has 1 saturated carbocycles. The molecule has 1 N–H and O–H groups in total. The molecule has 0 saturated heterocycles. The quantitative estimate of drug-likeness (QED) is 0.811. The molecule has 1 rings (SSSR count). The largest absolute Gasteiger partial charge is 0.389 e. The molecule has 0 aromatic heterocycles. The smallest absolute Gasteiger partial charge is 0.153 e. The van der Waals surface area contributed by atoms with Crippen LogP contribution in [0.3, 0.4) is 0 Å². The maximum absolute atomic E-state index is 11.6. The van der Waals surface area contributed by atoms with Crippen LogP contribution in [0.4, 0.5) is 0 Å². The molecule has 0 bridgehead atoms. The van der Waals surface area contributed by atoms with Crippen molar-refractivity contribution in [2.45, 2.75) is 63.2 Å². The third-order valence-electron chi connectivity index (χ3n) is 3.99. The van der Waals surface area contributed by atoms with Crippen LogP contribution in [0.5, 0.6) is 0 Å². The van der Waals surface area contributed by atoms with Crippen molar-refractivity contribution in [3.05, 3.63) is 0 Å². The molecule has 0 aromatic rings. The molecule has 0 aliphatic heterocycles. The van der Waals surface area contributed by atoms with E-state index < -0.39 is 20.7 Å². The Labute approximate surface area is 99.2 Å². The Morgan fingerprint density at radius 3 is 2.38 bits per heavy atom. The molecule has 0 amide bonds. The van der Waals surface area contributed by atoms with Gasteiger partial charge in [-0.25, -0.2) is 8.42 Å². The van der Waals surface area contributed by atoms with Gasteiger partial charge in [0, 0.05) is 6.26 Å². The molecule has 0 spiro atoms. The molecule has 1 aliphatic carbocycles. The summed E-state index contributed by atoms with van der Waals surface area (Å²) >= 11 is 0. The van der Waals surface area contributed by atoms with E-state index in [9.17, 15) is 13.5 Å². The molecule has 0 aromatic carbocycles. The third kappa shape index (κ3) is 2.98. The molecule has 2 unspecified atom stereocenters. The van der Waals surface area contributed by atoms with Crippen molar-refractivity contribution in [1.82, 2.24) is 0 Å². The van der Waals surface area contributed by atoms with Gasteiger partial charge in [0.15, 0.2) is 9.84 Å². The molecule has 1 aliphatic rings. The van der Waals surface area contributed by atoms with Crippen LogP contribution in [0.2, 0.25) is 0 Å². The highest BCUT2D eigenvalue weighted by Crippen LogP contribution is 2.40. The highest BCUT2D eigenvalue weighted by Gasteiger charge is 2.47. The maximum atomic E-state index is 11.6. The zero-order chi connectivity index (χ0) is 12.4. The number of aliphatic hydroxyl groups is 1. The van der Waals surface area contributed by atoms with Crippen LogP contribution in [-0.4, -0.2) is 30.6 Å². The van der Waals surface area contributed by atoms with Gasteiger partial charge in [0.1, 0.15) is 0 Å². The molecule has 1 fully saturated rings. The number of hydrogen-bond donors (Lipinski definition) is 1. The molecule has 0 radical (unpaired) electrons. The van der Waals surface area contributed by atoms with E-state index in [2.05, 4.69) is 13.8 Å². The van der Waals surface area contributed by atoms with Crippen LogP contribution in [-0.2, 0) is 9.84 Å². The summed E-state index contributed by atoms with van der Waals surface area (Å²) in [5, 5.41) is 10.00. The van der Waals surface area contributed by atoms with Crippen LogP contribution in [0.15, 0.2) is 0 Å². The molecular formula is C12H24O3S. The Hall–Kier alpha value is -0.0900. The lowest BCUT2D eigenvalue weighted by molar-refractivity contribution is 0.0239. The van der Waals surface area contributed by atoms with E-state index in [1.807, 2.05) is 0 Å². The third-order valence-corrected chi connectivity index (χ3v) is 5.70. The summed E-state index contributed by atoms with van der Waals surface area (Å²) < 4.78 is 23.3. The summed E-state index contributed by atoms with van der Waals surface area (Å²) in [6, 6.07) is 0. The molecule has 2 atom stereocenters. The molecule has 96 valence electrons. The monoisotopic (exact) mass is 248 g/mol.